The molecule has 9 heteroatoms. The van der Waals surface area contributed by atoms with Crippen molar-refractivity contribution in [2.24, 2.45) is 0 Å². The van der Waals surface area contributed by atoms with Gasteiger partial charge in [0.05, 0.1) is 4.90 Å². The van der Waals surface area contributed by atoms with Crippen molar-refractivity contribution in [3.05, 3.63) is 58.8 Å². The third-order valence-electron chi connectivity index (χ3n) is 3.71. The largest absolute Gasteiger partial charge is 0.288 e. The molecule has 2 heterocycles. The van der Waals surface area contributed by atoms with E-state index < -0.39 is 15.9 Å². The van der Waals surface area contributed by atoms with Crippen molar-refractivity contribution in [2.75, 3.05) is 10.8 Å². The zero-order chi connectivity index (χ0) is 18.0. The van der Waals surface area contributed by atoms with Gasteiger partial charge in [0, 0.05) is 23.8 Å². The first-order chi connectivity index (χ1) is 11.9. The molecule has 0 saturated heterocycles. The number of hydrogen-bond donors (Lipinski definition) is 2. The molecule has 0 radical (unpaired) electrons. The number of halogens is 1. The van der Waals surface area contributed by atoms with Crippen molar-refractivity contribution < 1.29 is 18.4 Å². The minimum Gasteiger partial charge on any atom is -0.288 e. The Balaban J connectivity index is 1.92. The van der Waals surface area contributed by atoms with E-state index >= 15 is 0 Å². The summed E-state index contributed by atoms with van der Waals surface area (Å²) in [6, 6.07) is 7.85. The van der Waals surface area contributed by atoms with E-state index in [0.29, 0.717) is 22.8 Å². The SMILES string of the molecule is O=C(C=Cc1cnc2c(c1)CCN2S(=O)(=O)c1cccc(Cl)c1)NO. The number of pyridine rings is 1. The predicted octanol–water partition coefficient (Wildman–Crippen LogP) is 2.00. The lowest BCUT2D eigenvalue weighted by atomic mass is 10.1. The average Bonchev–Trinajstić information content (AvgIpc) is 3.03. The Morgan fingerprint density at radius 2 is 2.16 bits per heavy atom. The number of sulfonamides is 1. The molecule has 1 amide bonds. The van der Waals surface area contributed by atoms with Crippen molar-refractivity contribution in [2.45, 2.75) is 11.3 Å². The van der Waals surface area contributed by atoms with E-state index in [1.165, 1.54) is 34.2 Å². The summed E-state index contributed by atoms with van der Waals surface area (Å²) >= 11 is 5.89. The standard InChI is InChI=1S/C16H14ClN3O4S/c17-13-2-1-3-14(9-13)25(23,24)20-7-6-12-8-11(10-18-16(12)20)4-5-15(21)19-22/h1-5,8-10,22H,6-7H2,(H,19,21). The fourth-order valence-corrected chi connectivity index (χ4v) is 4.31. The van der Waals surface area contributed by atoms with E-state index in [-0.39, 0.29) is 11.4 Å². The lowest BCUT2D eigenvalue weighted by molar-refractivity contribution is -0.124. The number of fused-ring (bicyclic) bond motifs is 1. The average molecular weight is 380 g/mol. The molecule has 1 aromatic heterocycles. The van der Waals surface area contributed by atoms with Crippen LogP contribution in [0.5, 0.6) is 0 Å². The first-order valence-electron chi connectivity index (χ1n) is 7.31. The number of hydrogen-bond acceptors (Lipinski definition) is 5. The van der Waals surface area contributed by atoms with Gasteiger partial charge < -0.3 is 0 Å². The number of carbonyl (C=O) groups is 1. The number of nitrogens with one attached hydrogen (secondary N) is 1. The highest BCUT2D eigenvalue weighted by Crippen LogP contribution is 2.32. The molecule has 3 rings (SSSR count). The maximum atomic E-state index is 12.8. The maximum Gasteiger partial charge on any atom is 0.267 e. The van der Waals surface area contributed by atoms with Crippen LogP contribution >= 0.6 is 11.6 Å². The molecule has 2 aromatic rings. The lowest BCUT2D eigenvalue weighted by Crippen LogP contribution is -2.29. The van der Waals surface area contributed by atoms with Crippen LogP contribution in [0.2, 0.25) is 5.02 Å². The minimum absolute atomic E-state index is 0.109. The molecule has 0 bridgehead atoms. The topological polar surface area (TPSA) is 99.6 Å². The van der Waals surface area contributed by atoms with Gasteiger partial charge in [-0.15, -0.1) is 0 Å². The summed E-state index contributed by atoms with van der Waals surface area (Å²) in [4.78, 5) is 15.4. The third-order valence-corrected chi connectivity index (χ3v) is 5.73. The summed E-state index contributed by atoms with van der Waals surface area (Å²) in [6.07, 6.45) is 4.60. The van der Waals surface area contributed by atoms with Gasteiger partial charge in [0.2, 0.25) is 0 Å². The van der Waals surface area contributed by atoms with Crippen molar-refractivity contribution in [3.8, 4) is 0 Å². The zero-order valence-corrected chi connectivity index (χ0v) is 14.5. The van der Waals surface area contributed by atoms with Crippen LogP contribution in [0, 0.1) is 0 Å². The summed E-state index contributed by atoms with van der Waals surface area (Å²) < 4.78 is 26.9. The normalized spacial score (nSPS) is 13.9. The molecular formula is C16H14ClN3O4S. The molecule has 1 aliphatic rings. The molecule has 0 aliphatic carbocycles. The van der Waals surface area contributed by atoms with E-state index in [0.717, 1.165) is 11.6 Å². The first-order valence-corrected chi connectivity index (χ1v) is 9.13. The Labute approximate surface area is 149 Å². The van der Waals surface area contributed by atoms with E-state index in [4.69, 9.17) is 16.8 Å². The van der Waals surface area contributed by atoms with Gasteiger partial charge in [0.25, 0.3) is 15.9 Å². The van der Waals surface area contributed by atoms with Gasteiger partial charge in [-0.3, -0.25) is 10.0 Å². The van der Waals surface area contributed by atoms with Gasteiger partial charge in [-0.2, -0.15) is 0 Å². The molecule has 0 fully saturated rings. The maximum absolute atomic E-state index is 12.8. The molecule has 130 valence electrons. The van der Waals surface area contributed by atoms with Crippen LogP contribution in [-0.4, -0.2) is 31.1 Å². The third kappa shape index (κ3) is 3.51. The summed E-state index contributed by atoms with van der Waals surface area (Å²) in [5.74, 6) is -0.297. The Hall–Kier alpha value is -2.42. The van der Waals surface area contributed by atoms with Gasteiger partial charge in [-0.25, -0.2) is 23.2 Å². The molecule has 25 heavy (non-hydrogen) atoms. The zero-order valence-electron chi connectivity index (χ0n) is 12.9. The summed E-state index contributed by atoms with van der Waals surface area (Å²) in [6.45, 7) is 0.279. The number of amides is 1. The number of nitrogens with zero attached hydrogens (tertiary/aromatic N) is 2. The molecule has 0 atom stereocenters. The Bertz CT molecular complexity index is 960. The van der Waals surface area contributed by atoms with Crippen LogP contribution in [0.25, 0.3) is 6.08 Å². The highest BCUT2D eigenvalue weighted by atomic mass is 35.5. The summed E-state index contributed by atoms with van der Waals surface area (Å²) in [5, 5.41) is 8.81. The predicted molar refractivity (Wildman–Crippen MR) is 92.9 cm³/mol. The quantitative estimate of drug-likeness (QED) is 0.481. The second-order valence-electron chi connectivity index (χ2n) is 5.35. The van der Waals surface area contributed by atoms with Crippen LogP contribution in [0.4, 0.5) is 5.82 Å². The van der Waals surface area contributed by atoms with Crippen molar-refractivity contribution in [1.82, 2.24) is 10.5 Å². The van der Waals surface area contributed by atoms with Crippen molar-refractivity contribution >= 4 is 39.4 Å². The molecule has 7 nitrogen and oxygen atoms in total. The Kier molecular flexibility index (Phi) is 4.76. The van der Waals surface area contributed by atoms with Crippen LogP contribution in [-0.2, 0) is 21.2 Å². The molecule has 1 aromatic carbocycles. The number of carbonyl (C=O) groups excluding carboxylic acids is 1. The van der Waals surface area contributed by atoms with E-state index in [1.807, 2.05) is 0 Å². The highest BCUT2D eigenvalue weighted by molar-refractivity contribution is 7.92. The van der Waals surface area contributed by atoms with E-state index in [9.17, 15) is 13.2 Å². The molecule has 0 saturated carbocycles. The molecule has 0 unspecified atom stereocenters. The van der Waals surface area contributed by atoms with Gasteiger partial charge in [-0.05, 0) is 47.9 Å². The van der Waals surface area contributed by atoms with Gasteiger partial charge in [-0.1, -0.05) is 17.7 Å². The van der Waals surface area contributed by atoms with Crippen LogP contribution in [0.15, 0.2) is 47.5 Å². The van der Waals surface area contributed by atoms with Crippen LogP contribution in [0.1, 0.15) is 11.1 Å². The van der Waals surface area contributed by atoms with Gasteiger partial charge >= 0.3 is 0 Å². The van der Waals surface area contributed by atoms with Crippen molar-refractivity contribution in [3.63, 3.8) is 0 Å². The fraction of sp³-hybridized carbons (Fsp3) is 0.125. The second-order valence-corrected chi connectivity index (χ2v) is 7.64. The van der Waals surface area contributed by atoms with Crippen LogP contribution < -0.4 is 9.79 Å². The van der Waals surface area contributed by atoms with E-state index in [2.05, 4.69) is 4.98 Å². The molecule has 2 N–H and O–H groups in total. The fourth-order valence-electron chi connectivity index (χ4n) is 2.55. The number of hydroxylamine groups is 1. The highest BCUT2D eigenvalue weighted by Gasteiger charge is 2.32. The monoisotopic (exact) mass is 379 g/mol. The molecule has 0 spiro atoms. The molecular weight excluding hydrogens is 366 g/mol. The van der Waals surface area contributed by atoms with Crippen molar-refractivity contribution in [1.29, 1.82) is 0 Å². The Morgan fingerprint density at radius 1 is 1.36 bits per heavy atom. The van der Waals surface area contributed by atoms with Gasteiger partial charge in [0.1, 0.15) is 5.82 Å². The lowest BCUT2D eigenvalue weighted by Gasteiger charge is -2.18. The first kappa shape index (κ1) is 17.4. The van der Waals surface area contributed by atoms with E-state index in [1.54, 1.807) is 18.2 Å². The van der Waals surface area contributed by atoms with Crippen LogP contribution in [0.3, 0.4) is 0 Å². The number of benzene rings is 1. The number of rotatable bonds is 4. The Morgan fingerprint density at radius 3 is 2.88 bits per heavy atom. The summed E-state index contributed by atoms with van der Waals surface area (Å²) in [7, 11) is -3.75. The summed E-state index contributed by atoms with van der Waals surface area (Å²) in [5.41, 5.74) is 2.88. The molecule has 1 aliphatic heterocycles. The smallest absolute Gasteiger partial charge is 0.267 e. The second kappa shape index (κ2) is 6.83. The minimum atomic E-state index is -3.75. The van der Waals surface area contributed by atoms with Gasteiger partial charge in [0.15, 0.2) is 0 Å². The number of aromatic nitrogens is 1. The number of anilines is 1.